The first-order valence-electron chi connectivity index (χ1n) is 4.80. The van der Waals surface area contributed by atoms with Crippen molar-refractivity contribution in [3.8, 4) is 5.75 Å². The lowest BCUT2D eigenvalue weighted by Gasteiger charge is -2.17. The maximum atomic E-state index is 10.7. The van der Waals surface area contributed by atoms with E-state index in [1.54, 1.807) is 27.7 Å². The summed E-state index contributed by atoms with van der Waals surface area (Å²) in [6, 6.07) is 7.35. The number of carbonyl (C=O) groups is 1. The topological polar surface area (TPSA) is 52.3 Å². The maximum Gasteiger partial charge on any atom is 0.410 e. The minimum Gasteiger partial charge on any atom is -0.409 e. The molecule has 0 aliphatic heterocycles. The molecule has 0 aromatic heterocycles. The molecule has 1 aromatic rings. The summed E-state index contributed by atoms with van der Waals surface area (Å²) in [6.45, 7) is 6.38. The standard InChI is InChI=1S/C11H15NO2S2/c1-11(2,3)16-15-9-7-5-4-6-8(9)14-10(12)13/h4-7H,1-3H3,(H2,12,13). The van der Waals surface area contributed by atoms with Crippen LogP contribution in [0.15, 0.2) is 29.2 Å². The molecule has 0 saturated heterocycles. The van der Waals surface area contributed by atoms with Gasteiger partial charge >= 0.3 is 6.09 Å². The number of benzene rings is 1. The Hall–Kier alpha value is -0.810. The summed E-state index contributed by atoms with van der Waals surface area (Å²) < 4.78 is 5.06. The highest BCUT2D eigenvalue weighted by molar-refractivity contribution is 8.77. The van der Waals surface area contributed by atoms with Crippen molar-refractivity contribution in [3.63, 3.8) is 0 Å². The van der Waals surface area contributed by atoms with Crippen molar-refractivity contribution in [1.29, 1.82) is 0 Å². The molecule has 5 heteroatoms. The fourth-order valence-electron chi connectivity index (χ4n) is 0.882. The summed E-state index contributed by atoms with van der Waals surface area (Å²) in [5.74, 6) is 0.511. The van der Waals surface area contributed by atoms with Crippen molar-refractivity contribution >= 4 is 27.7 Å². The predicted molar refractivity (Wildman–Crippen MR) is 69.9 cm³/mol. The van der Waals surface area contributed by atoms with Crippen LogP contribution in [-0.2, 0) is 0 Å². The van der Waals surface area contributed by atoms with Crippen LogP contribution in [0.5, 0.6) is 5.75 Å². The molecule has 0 spiro atoms. The molecule has 0 fully saturated rings. The largest absolute Gasteiger partial charge is 0.410 e. The van der Waals surface area contributed by atoms with E-state index in [0.29, 0.717) is 5.75 Å². The molecule has 3 nitrogen and oxygen atoms in total. The van der Waals surface area contributed by atoms with Gasteiger partial charge in [0, 0.05) is 4.75 Å². The minimum atomic E-state index is -0.784. The van der Waals surface area contributed by atoms with Crippen LogP contribution >= 0.6 is 21.6 Å². The van der Waals surface area contributed by atoms with E-state index in [9.17, 15) is 4.79 Å². The molecule has 0 bridgehead atoms. The third kappa shape index (κ3) is 4.81. The summed E-state index contributed by atoms with van der Waals surface area (Å²) in [5.41, 5.74) is 5.00. The van der Waals surface area contributed by atoms with E-state index < -0.39 is 6.09 Å². The molecule has 1 amide bonds. The Labute approximate surface area is 104 Å². The van der Waals surface area contributed by atoms with Gasteiger partial charge in [-0.05, 0) is 12.1 Å². The second kappa shape index (κ2) is 5.50. The van der Waals surface area contributed by atoms with Crippen molar-refractivity contribution in [2.24, 2.45) is 5.73 Å². The Morgan fingerprint density at radius 2 is 1.94 bits per heavy atom. The lowest BCUT2D eigenvalue weighted by molar-refractivity contribution is 0.210. The molecule has 0 aliphatic carbocycles. The van der Waals surface area contributed by atoms with E-state index in [4.69, 9.17) is 10.5 Å². The molecule has 0 atom stereocenters. The Bertz CT molecular complexity index is 374. The minimum absolute atomic E-state index is 0.143. The number of hydrogen-bond donors (Lipinski definition) is 1. The van der Waals surface area contributed by atoms with E-state index in [1.807, 2.05) is 18.2 Å². The summed E-state index contributed by atoms with van der Waals surface area (Å²) >= 11 is 0. The van der Waals surface area contributed by atoms with Crippen molar-refractivity contribution in [2.75, 3.05) is 0 Å². The lowest BCUT2D eigenvalue weighted by Crippen LogP contribution is -2.16. The summed E-state index contributed by atoms with van der Waals surface area (Å²) in [6.07, 6.45) is -0.784. The molecule has 0 aliphatic rings. The average Bonchev–Trinajstić information content (AvgIpc) is 2.14. The summed E-state index contributed by atoms with van der Waals surface area (Å²) in [4.78, 5) is 11.6. The second-order valence-corrected chi connectivity index (χ2v) is 7.14. The first kappa shape index (κ1) is 13.3. The number of para-hydroxylation sites is 1. The molecule has 1 rings (SSSR count). The molecule has 0 unspecified atom stereocenters. The van der Waals surface area contributed by atoms with Gasteiger partial charge in [-0.15, -0.1) is 0 Å². The third-order valence-electron chi connectivity index (χ3n) is 1.44. The van der Waals surface area contributed by atoms with Crippen molar-refractivity contribution in [3.05, 3.63) is 24.3 Å². The Balaban J connectivity index is 2.75. The molecule has 88 valence electrons. The van der Waals surface area contributed by atoms with Gasteiger partial charge in [0.15, 0.2) is 0 Å². The van der Waals surface area contributed by atoms with Gasteiger partial charge in [-0.3, -0.25) is 0 Å². The van der Waals surface area contributed by atoms with Crippen LogP contribution < -0.4 is 10.5 Å². The van der Waals surface area contributed by atoms with Crippen molar-refractivity contribution in [2.45, 2.75) is 30.4 Å². The van der Waals surface area contributed by atoms with Gasteiger partial charge in [0.2, 0.25) is 0 Å². The van der Waals surface area contributed by atoms with E-state index >= 15 is 0 Å². The Kier molecular flexibility index (Phi) is 4.56. The zero-order valence-electron chi connectivity index (χ0n) is 9.52. The fourth-order valence-corrected chi connectivity index (χ4v) is 2.98. The normalized spacial score (nSPS) is 11.2. The number of hydrogen-bond acceptors (Lipinski definition) is 4. The second-order valence-electron chi connectivity index (χ2n) is 4.15. The third-order valence-corrected chi connectivity index (χ3v) is 4.83. The average molecular weight is 257 g/mol. The predicted octanol–water partition coefficient (Wildman–Crippen LogP) is 3.68. The van der Waals surface area contributed by atoms with Gasteiger partial charge in [0.25, 0.3) is 0 Å². The number of amides is 1. The van der Waals surface area contributed by atoms with E-state index in [2.05, 4.69) is 20.8 Å². The molecular weight excluding hydrogens is 242 g/mol. The van der Waals surface area contributed by atoms with Gasteiger partial charge in [-0.2, -0.15) is 0 Å². The van der Waals surface area contributed by atoms with Crippen LogP contribution in [0.25, 0.3) is 0 Å². The van der Waals surface area contributed by atoms with E-state index in [0.717, 1.165) is 4.90 Å². The lowest BCUT2D eigenvalue weighted by atomic mass is 10.3. The first-order chi connectivity index (χ1) is 7.38. The number of ether oxygens (including phenoxy) is 1. The number of primary amides is 1. The molecule has 16 heavy (non-hydrogen) atoms. The molecule has 0 saturated carbocycles. The van der Waals surface area contributed by atoms with Crippen molar-refractivity contribution < 1.29 is 9.53 Å². The number of carbonyl (C=O) groups excluding carboxylic acids is 1. The van der Waals surface area contributed by atoms with Gasteiger partial charge in [-0.25, -0.2) is 4.79 Å². The molecule has 0 heterocycles. The van der Waals surface area contributed by atoms with Crippen LogP contribution in [0.3, 0.4) is 0 Å². The van der Waals surface area contributed by atoms with Gasteiger partial charge in [-0.1, -0.05) is 54.5 Å². The SMILES string of the molecule is CC(C)(C)SSc1ccccc1OC(N)=O. The smallest absolute Gasteiger partial charge is 0.409 e. The number of rotatable bonds is 3. The highest BCUT2D eigenvalue weighted by Gasteiger charge is 2.14. The monoisotopic (exact) mass is 257 g/mol. The highest BCUT2D eigenvalue weighted by atomic mass is 33.1. The Morgan fingerprint density at radius 3 is 2.50 bits per heavy atom. The van der Waals surface area contributed by atoms with Crippen LogP contribution in [0.1, 0.15) is 20.8 Å². The number of nitrogens with two attached hydrogens (primary N) is 1. The molecular formula is C11H15NO2S2. The van der Waals surface area contributed by atoms with Crippen LogP contribution in [-0.4, -0.2) is 10.8 Å². The first-order valence-corrected chi connectivity index (χ1v) is 6.95. The van der Waals surface area contributed by atoms with Crippen LogP contribution in [0.4, 0.5) is 4.79 Å². The maximum absolute atomic E-state index is 10.7. The van der Waals surface area contributed by atoms with Crippen LogP contribution in [0.2, 0.25) is 0 Å². The van der Waals surface area contributed by atoms with Gasteiger partial charge in [0.1, 0.15) is 5.75 Å². The molecule has 2 N–H and O–H groups in total. The highest BCUT2D eigenvalue weighted by Crippen LogP contribution is 2.43. The summed E-state index contributed by atoms with van der Waals surface area (Å²) in [7, 11) is 3.29. The zero-order valence-corrected chi connectivity index (χ0v) is 11.2. The van der Waals surface area contributed by atoms with Gasteiger partial charge in [0.05, 0.1) is 4.90 Å². The van der Waals surface area contributed by atoms with Gasteiger partial charge < -0.3 is 10.5 Å². The Morgan fingerprint density at radius 1 is 1.31 bits per heavy atom. The quantitative estimate of drug-likeness (QED) is 0.839. The van der Waals surface area contributed by atoms with E-state index in [1.165, 1.54) is 0 Å². The molecule has 1 aromatic carbocycles. The summed E-state index contributed by atoms with van der Waals surface area (Å²) in [5, 5.41) is 0. The van der Waals surface area contributed by atoms with Crippen molar-refractivity contribution in [1.82, 2.24) is 0 Å². The van der Waals surface area contributed by atoms with Crippen LogP contribution in [0, 0.1) is 0 Å². The zero-order chi connectivity index (χ0) is 12.2. The molecule has 0 radical (unpaired) electrons. The fraction of sp³-hybridized carbons (Fsp3) is 0.364. The van der Waals surface area contributed by atoms with E-state index in [-0.39, 0.29) is 4.75 Å².